The summed E-state index contributed by atoms with van der Waals surface area (Å²) < 4.78 is 18.5. The molecule has 0 N–H and O–H groups in total. The molecule has 24 heavy (non-hydrogen) atoms. The Morgan fingerprint density at radius 2 is 1.88 bits per heavy atom. The minimum absolute atomic E-state index is 0.0491. The Hall–Kier alpha value is -2.14. The maximum absolute atomic E-state index is 13.0. The molecule has 2 heterocycles. The fourth-order valence-corrected chi connectivity index (χ4v) is 3.19. The number of amides is 1. The number of hydrogen-bond acceptors (Lipinski definition) is 3. The van der Waals surface area contributed by atoms with E-state index >= 15 is 0 Å². The molecule has 0 bridgehead atoms. The molecule has 1 aromatic carbocycles. The van der Waals surface area contributed by atoms with Gasteiger partial charge in [-0.05, 0) is 44.0 Å². The summed E-state index contributed by atoms with van der Waals surface area (Å²) in [6.07, 6.45) is 0.933. The van der Waals surface area contributed by atoms with Gasteiger partial charge in [-0.1, -0.05) is 12.1 Å². The van der Waals surface area contributed by atoms with Crippen molar-refractivity contribution in [1.82, 2.24) is 9.80 Å². The van der Waals surface area contributed by atoms with E-state index in [-0.39, 0.29) is 11.7 Å². The summed E-state index contributed by atoms with van der Waals surface area (Å²) in [7, 11) is 0. The molecule has 0 saturated carbocycles. The van der Waals surface area contributed by atoms with Gasteiger partial charge in [0, 0.05) is 32.7 Å². The highest BCUT2D eigenvalue weighted by Crippen LogP contribution is 2.18. The number of nitrogens with zero attached hydrogens (tertiary/aromatic N) is 2. The second-order valence-electron chi connectivity index (χ2n) is 6.38. The summed E-state index contributed by atoms with van der Waals surface area (Å²) in [6, 6.07) is 8.44. The van der Waals surface area contributed by atoms with Crippen LogP contribution in [0.15, 0.2) is 34.7 Å². The minimum Gasteiger partial charge on any atom is -0.466 e. The van der Waals surface area contributed by atoms with Crippen LogP contribution >= 0.6 is 0 Å². The largest absolute Gasteiger partial charge is 0.466 e. The molecule has 1 aromatic heterocycles. The predicted molar refractivity (Wildman–Crippen MR) is 90.4 cm³/mol. The van der Waals surface area contributed by atoms with E-state index in [1.54, 1.807) is 0 Å². The normalized spacial score (nSPS) is 16.2. The van der Waals surface area contributed by atoms with Crippen molar-refractivity contribution >= 4 is 5.91 Å². The van der Waals surface area contributed by atoms with Crippen LogP contribution in [0.1, 0.15) is 33.9 Å². The quantitative estimate of drug-likeness (QED) is 0.866. The second-order valence-corrected chi connectivity index (χ2v) is 6.38. The summed E-state index contributed by atoms with van der Waals surface area (Å²) in [5.74, 6) is 1.29. The highest BCUT2D eigenvalue weighted by molar-refractivity contribution is 5.95. The standard InChI is InChI=1S/C19H23FN2O2/c1-14-12-18(15(2)24-14)19(23)22-9-3-8-21(10-11-22)13-16-4-6-17(20)7-5-16/h4-7,12H,3,8-11,13H2,1-2H3. The van der Waals surface area contributed by atoms with E-state index in [2.05, 4.69) is 4.90 Å². The summed E-state index contributed by atoms with van der Waals surface area (Å²) in [6.45, 7) is 7.68. The molecule has 1 aliphatic heterocycles. The van der Waals surface area contributed by atoms with Crippen LogP contribution in [0.4, 0.5) is 4.39 Å². The summed E-state index contributed by atoms with van der Waals surface area (Å²) >= 11 is 0. The molecule has 0 radical (unpaired) electrons. The van der Waals surface area contributed by atoms with Gasteiger partial charge in [0.15, 0.2) is 0 Å². The lowest BCUT2D eigenvalue weighted by molar-refractivity contribution is 0.0759. The Morgan fingerprint density at radius 1 is 1.12 bits per heavy atom. The molecule has 0 atom stereocenters. The smallest absolute Gasteiger partial charge is 0.257 e. The first kappa shape index (κ1) is 16.7. The Balaban J connectivity index is 1.61. The van der Waals surface area contributed by atoms with Crippen LogP contribution in [0.5, 0.6) is 0 Å². The number of benzene rings is 1. The average Bonchev–Trinajstić information content (AvgIpc) is 2.75. The van der Waals surface area contributed by atoms with Gasteiger partial charge in [-0.3, -0.25) is 9.69 Å². The number of furan rings is 1. The van der Waals surface area contributed by atoms with Crippen molar-refractivity contribution < 1.29 is 13.6 Å². The van der Waals surface area contributed by atoms with Crippen LogP contribution in [0.3, 0.4) is 0 Å². The lowest BCUT2D eigenvalue weighted by Gasteiger charge is -2.22. The molecule has 1 fully saturated rings. The van der Waals surface area contributed by atoms with Crippen LogP contribution in [0, 0.1) is 19.7 Å². The third-order valence-corrected chi connectivity index (χ3v) is 4.47. The SMILES string of the molecule is Cc1cc(C(=O)N2CCCN(Cc3ccc(F)cc3)CC2)c(C)o1. The van der Waals surface area contributed by atoms with Gasteiger partial charge in [0.05, 0.1) is 5.56 Å². The monoisotopic (exact) mass is 330 g/mol. The van der Waals surface area contributed by atoms with Gasteiger partial charge < -0.3 is 9.32 Å². The molecular weight excluding hydrogens is 307 g/mol. The first-order chi connectivity index (χ1) is 11.5. The third-order valence-electron chi connectivity index (χ3n) is 4.47. The van der Waals surface area contributed by atoms with Gasteiger partial charge in [-0.25, -0.2) is 4.39 Å². The predicted octanol–water partition coefficient (Wildman–Crippen LogP) is 3.38. The Labute approximate surface area is 141 Å². The number of aryl methyl sites for hydroxylation is 2. The number of hydrogen-bond donors (Lipinski definition) is 0. The summed E-state index contributed by atoms with van der Waals surface area (Å²) in [4.78, 5) is 16.9. The van der Waals surface area contributed by atoms with Gasteiger partial charge in [0.2, 0.25) is 0 Å². The van der Waals surface area contributed by atoms with Crippen LogP contribution in [-0.2, 0) is 6.54 Å². The Bertz CT molecular complexity index is 709. The van der Waals surface area contributed by atoms with Crippen molar-refractivity contribution in [3.8, 4) is 0 Å². The van der Waals surface area contributed by atoms with Crippen LogP contribution in [-0.4, -0.2) is 41.9 Å². The molecule has 1 aliphatic rings. The maximum Gasteiger partial charge on any atom is 0.257 e. The van der Waals surface area contributed by atoms with Crippen molar-refractivity contribution in [3.63, 3.8) is 0 Å². The molecule has 0 unspecified atom stereocenters. The minimum atomic E-state index is -0.211. The lowest BCUT2D eigenvalue weighted by atomic mass is 10.2. The number of carbonyl (C=O) groups excluding carboxylic acids is 1. The van der Waals surface area contributed by atoms with Gasteiger partial charge in [0.25, 0.3) is 5.91 Å². The third kappa shape index (κ3) is 3.85. The molecular formula is C19H23FN2O2. The van der Waals surface area contributed by atoms with Crippen LogP contribution in [0.2, 0.25) is 0 Å². The zero-order valence-corrected chi connectivity index (χ0v) is 14.2. The second kappa shape index (κ2) is 7.18. The van der Waals surface area contributed by atoms with Gasteiger partial charge in [0.1, 0.15) is 17.3 Å². The van der Waals surface area contributed by atoms with E-state index in [0.29, 0.717) is 17.9 Å². The van der Waals surface area contributed by atoms with Gasteiger partial charge in [-0.15, -0.1) is 0 Å². The topological polar surface area (TPSA) is 36.7 Å². The van der Waals surface area contributed by atoms with E-state index in [9.17, 15) is 9.18 Å². The van der Waals surface area contributed by atoms with E-state index in [1.165, 1.54) is 12.1 Å². The van der Waals surface area contributed by atoms with Crippen molar-refractivity contribution in [2.24, 2.45) is 0 Å². The summed E-state index contributed by atoms with van der Waals surface area (Å²) in [5.41, 5.74) is 1.76. The maximum atomic E-state index is 13.0. The molecule has 0 aliphatic carbocycles. The molecule has 2 aromatic rings. The van der Waals surface area contributed by atoms with Crippen molar-refractivity contribution in [2.75, 3.05) is 26.2 Å². The molecule has 1 amide bonds. The fraction of sp³-hybridized carbons (Fsp3) is 0.421. The van der Waals surface area contributed by atoms with E-state index in [0.717, 1.165) is 43.9 Å². The summed E-state index contributed by atoms with van der Waals surface area (Å²) in [5, 5.41) is 0. The zero-order valence-electron chi connectivity index (χ0n) is 14.2. The molecule has 1 saturated heterocycles. The number of carbonyl (C=O) groups is 1. The van der Waals surface area contributed by atoms with Gasteiger partial charge in [-0.2, -0.15) is 0 Å². The molecule has 5 heteroatoms. The van der Waals surface area contributed by atoms with Crippen molar-refractivity contribution in [3.05, 3.63) is 58.8 Å². The molecule has 0 spiro atoms. The molecule has 3 rings (SSSR count). The number of rotatable bonds is 3. The zero-order chi connectivity index (χ0) is 17.1. The first-order valence-electron chi connectivity index (χ1n) is 8.36. The Kier molecular flexibility index (Phi) is 5.00. The Morgan fingerprint density at radius 3 is 2.54 bits per heavy atom. The average molecular weight is 330 g/mol. The molecule has 128 valence electrons. The van der Waals surface area contributed by atoms with Crippen molar-refractivity contribution in [2.45, 2.75) is 26.8 Å². The molecule has 4 nitrogen and oxygen atoms in total. The number of halogens is 1. The van der Waals surface area contributed by atoms with Crippen LogP contribution < -0.4 is 0 Å². The highest BCUT2D eigenvalue weighted by atomic mass is 19.1. The van der Waals surface area contributed by atoms with E-state index in [1.807, 2.05) is 36.9 Å². The van der Waals surface area contributed by atoms with E-state index in [4.69, 9.17) is 4.42 Å². The van der Waals surface area contributed by atoms with Crippen molar-refractivity contribution in [1.29, 1.82) is 0 Å². The fourth-order valence-electron chi connectivity index (χ4n) is 3.19. The van der Waals surface area contributed by atoms with Crippen LogP contribution in [0.25, 0.3) is 0 Å². The van der Waals surface area contributed by atoms with Gasteiger partial charge >= 0.3 is 0 Å². The highest BCUT2D eigenvalue weighted by Gasteiger charge is 2.23. The first-order valence-corrected chi connectivity index (χ1v) is 8.36. The lowest BCUT2D eigenvalue weighted by Crippen LogP contribution is -2.35. The van der Waals surface area contributed by atoms with E-state index < -0.39 is 0 Å².